The fourth-order valence-corrected chi connectivity index (χ4v) is 2.10. The summed E-state index contributed by atoms with van der Waals surface area (Å²) in [6.07, 6.45) is 1.21. The Kier molecular flexibility index (Phi) is 6.98. The van der Waals surface area contributed by atoms with Gasteiger partial charge in [-0.15, -0.1) is 0 Å². The number of carbonyl (C=O) groups is 2. The molecular weight excluding hydrogens is 287 g/mol. The Hall–Kier alpha value is -1.95. The number of amides is 2. The number of primary amides is 1. The van der Waals surface area contributed by atoms with Crippen molar-refractivity contribution in [3.8, 4) is 0 Å². The second kappa shape index (κ2) is 8.48. The quantitative estimate of drug-likeness (QED) is 0.774. The van der Waals surface area contributed by atoms with Gasteiger partial charge in [0.15, 0.2) is 0 Å². The summed E-state index contributed by atoms with van der Waals surface area (Å²) in [6.45, 7) is 6.49. The summed E-state index contributed by atoms with van der Waals surface area (Å²) in [7, 11) is 0. The van der Waals surface area contributed by atoms with Crippen LogP contribution in [0.3, 0.4) is 0 Å². The normalized spacial score (nSPS) is 12.2. The largest absolute Gasteiger partial charge is 0.378 e. The third-order valence-corrected chi connectivity index (χ3v) is 3.05. The Balaban J connectivity index is 2.42. The first kappa shape index (κ1) is 18.1. The lowest BCUT2D eigenvalue weighted by atomic mass is 10.1. The van der Waals surface area contributed by atoms with Gasteiger partial charge in [-0.2, -0.15) is 0 Å². The molecule has 0 fully saturated rings. The first-order chi connectivity index (χ1) is 10.3. The molecule has 1 atom stereocenters. The lowest BCUT2D eigenvalue weighted by Gasteiger charge is -2.15. The monoisotopic (exact) mass is 310 g/mol. The van der Waals surface area contributed by atoms with Crippen molar-refractivity contribution in [2.45, 2.75) is 39.7 Å². The van der Waals surface area contributed by atoms with E-state index in [-0.39, 0.29) is 29.7 Å². The topological polar surface area (TPSA) is 81.4 Å². The van der Waals surface area contributed by atoms with E-state index in [2.05, 4.69) is 19.2 Å². The average Bonchev–Trinajstić information content (AvgIpc) is 2.37. The molecule has 0 radical (unpaired) electrons. The Morgan fingerprint density at radius 2 is 2.00 bits per heavy atom. The zero-order valence-corrected chi connectivity index (χ0v) is 13.2. The van der Waals surface area contributed by atoms with Gasteiger partial charge in [-0.25, -0.2) is 4.39 Å². The average molecular weight is 310 g/mol. The summed E-state index contributed by atoms with van der Waals surface area (Å²) in [4.78, 5) is 22.7. The van der Waals surface area contributed by atoms with E-state index in [1.54, 1.807) is 0 Å². The Morgan fingerprint density at radius 1 is 1.32 bits per heavy atom. The molecule has 0 aromatic heterocycles. The van der Waals surface area contributed by atoms with E-state index in [9.17, 15) is 14.0 Å². The first-order valence-electron chi connectivity index (χ1n) is 7.30. The molecule has 22 heavy (non-hydrogen) atoms. The second-order valence-corrected chi connectivity index (χ2v) is 5.67. The van der Waals surface area contributed by atoms with E-state index < -0.39 is 11.7 Å². The lowest BCUT2D eigenvalue weighted by Crippen LogP contribution is -2.18. The number of hydrogen-bond donors (Lipinski definition) is 2. The van der Waals surface area contributed by atoms with Crippen molar-refractivity contribution in [2.75, 3.05) is 11.9 Å². The molecule has 0 heterocycles. The maximum Gasteiger partial charge on any atom is 0.251 e. The Bertz CT molecular complexity index is 532. The number of nitrogens with two attached hydrogens (primary N) is 1. The number of halogens is 1. The van der Waals surface area contributed by atoms with Crippen molar-refractivity contribution >= 4 is 17.5 Å². The van der Waals surface area contributed by atoms with Gasteiger partial charge in [-0.1, -0.05) is 13.8 Å². The predicted octanol–water partition coefficient (Wildman–Crippen LogP) is 2.70. The smallest absolute Gasteiger partial charge is 0.251 e. The van der Waals surface area contributed by atoms with Crippen LogP contribution in [0, 0.1) is 11.7 Å². The van der Waals surface area contributed by atoms with E-state index in [0.717, 1.165) is 12.5 Å². The van der Waals surface area contributed by atoms with Gasteiger partial charge in [0.2, 0.25) is 5.91 Å². The minimum atomic E-state index is -0.845. The van der Waals surface area contributed by atoms with Crippen molar-refractivity contribution in [3.05, 3.63) is 29.6 Å². The van der Waals surface area contributed by atoms with Gasteiger partial charge in [-0.3, -0.25) is 9.59 Å². The van der Waals surface area contributed by atoms with Crippen LogP contribution in [-0.4, -0.2) is 24.5 Å². The molecule has 6 heteroatoms. The maximum atomic E-state index is 13.6. The minimum absolute atomic E-state index is 0.0973. The van der Waals surface area contributed by atoms with E-state index in [0.29, 0.717) is 12.5 Å². The van der Waals surface area contributed by atoms with Crippen LogP contribution in [0.2, 0.25) is 0 Å². The number of carbonyl (C=O) groups excluding carboxylic acids is 2. The van der Waals surface area contributed by atoms with Crippen LogP contribution in [0.15, 0.2) is 18.2 Å². The molecule has 0 bridgehead atoms. The predicted molar refractivity (Wildman–Crippen MR) is 83.0 cm³/mol. The molecule has 3 N–H and O–H groups in total. The van der Waals surface area contributed by atoms with Crippen LogP contribution >= 0.6 is 0 Å². The van der Waals surface area contributed by atoms with Crippen LogP contribution in [0.1, 0.15) is 44.0 Å². The number of ether oxygens (including phenoxy) is 1. The van der Waals surface area contributed by atoms with Crippen molar-refractivity contribution in [1.29, 1.82) is 0 Å². The summed E-state index contributed by atoms with van der Waals surface area (Å²) in [6, 6.07) is 3.75. The molecule has 0 aliphatic rings. The number of rotatable bonds is 8. The third kappa shape index (κ3) is 6.22. The van der Waals surface area contributed by atoms with Crippen molar-refractivity contribution in [2.24, 2.45) is 11.7 Å². The number of nitrogens with one attached hydrogen (secondary N) is 1. The number of hydrogen-bond acceptors (Lipinski definition) is 3. The van der Waals surface area contributed by atoms with Gasteiger partial charge < -0.3 is 15.8 Å². The summed E-state index contributed by atoms with van der Waals surface area (Å²) in [5.41, 5.74) is 5.09. The van der Waals surface area contributed by atoms with E-state index in [1.165, 1.54) is 12.1 Å². The summed E-state index contributed by atoms with van der Waals surface area (Å²) in [5.74, 6) is -1.34. The zero-order chi connectivity index (χ0) is 16.7. The van der Waals surface area contributed by atoms with E-state index >= 15 is 0 Å². The van der Waals surface area contributed by atoms with Gasteiger partial charge in [-0.05, 0) is 37.5 Å². The molecule has 0 saturated carbocycles. The molecule has 0 unspecified atom stereocenters. The summed E-state index contributed by atoms with van der Waals surface area (Å²) >= 11 is 0. The fraction of sp³-hybridized carbons (Fsp3) is 0.500. The SMILES string of the molecule is CC(C)C[C@H](C)OCCC(=O)Nc1ccc(C(N)=O)c(F)c1. The van der Waals surface area contributed by atoms with Crippen molar-refractivity contribution in [3.63, 3.8) is 0 Å². The highest BCUT2D eigenvalue weighted by atomic mass is 19.1. The highest BCUT2D eigenvalue weighted by Crippen LogP contribution is 2.14. The van der Waals surface area contributed by atoms with Gasteiger partial charge in [0, 0.05) is 5.69 Å². The lowest BCUT2D eigenvalue weighted by molar-refractivity contribution is -0.117. The van der Waals surface area contributed by atoms with Gasteiger partial charge in [0.1, 0.15) is 5.82 Å². The van der Waals surface area contributed by atoms with Crippen LogP contribution in [-0.2, 0) is 9.53 Å². The molecule has 2 amide bonds. The Morgan fingerprint density at radius 3 is 2.55 bits per heavy atom. The van der Waals surface area contributed by atoms with Crippen molar-refractivity contribution < 1.29 is 18.7 Å². The van der Waals surface area contributed by atoms with E-state index in [1.807, 2.05) is 6.92 Å². The maximum absolute atomic E-state index is 13.6. The van der Waals surface area contributed by atoms with Gasteiger partial charge in [0.25, 0.3) is 5.91 Å². The molecule has 1 rings (SSSR count). The molecule has 0 aliphatic carbocycles. The van der Waals surface area contributed by atoms with Crippen LogP contribution < -0.4 is 11.1 Å². The molecule has 122 valence electrons. The van der Waals surface area contributed by atoms with Gasteiger partial charge >= 0.3 is 0 Å². The van der Waals surface area contributed by atoms with E-state index in [4.69, 9.17) is 10.5 Å². The van der Waals surface area contributed by atoms with Crippen LogP contribution in [0.4, 0.5) is 10.1 Å². The molecule has 0 aliphatic heterocycles. The standard InChI is InChI=1S/C16H23FN2O3/c1-10(2)8-11(3)22-7-6-15(20)19-12-4-5-13(16(18)21)14(17)9-12/h4-5,9-11H,6-8H2,1-3H3,(H2,18,21)(H,19,20)/t11-/m0/s1. The molecular formula is C16H23FN2O3. The molecule has 5 nitrogen and oxygen atoms in total. The molecule has 1 aromatic rings. The number of anilines is 1. The molecule has 0 saturated heterocycles. The first-order valence-corrected chi connectivity index (χ1v) is 7.30. The van der Waals surface area contributed by atoms with Gasteiger partial charge in [0.05, 0.1) is 24.7 Å². The highest BCUT2D eigenvalue weighted by Gasteiger charge is 2.11. The third-order valence-electron chi connectivity index (χ3n) is 3.05. The number of benzene rings is 1. The molecule has 0 spiro atoms. The summed E-state index contributed by atoms with van der Waals surface area (Å²) < 4.78 is 19.1. The van der Waals surface area contributed by atoms with Crippen LogP contribution in [0.5, 0.6) is 0 Å². The van der Waals surface area contributed by atoms with Crippen LogP contribution in [0.25, 0.3) is 0 Å². The minimum Gasteiger partial charge on any atom is -0.378 e. The van der Waals surface area contributed by atoms with Crippen molar-refractivity contribution in [1.82, 2.24) is 0 Å². The highest BCUT2D eigenvalue weighted by molar-refractivity contribution is 5.95. The fourth-order valence-electron chi connectivity index (χ4n) is 2.10. The molecule has 1 aromatic carbocycles. The Labute approximate surface area is 130 Å². The summed E-state index contributed by atoms with van der Waals surface area (Å²) in [5, 5.41) is 2.55. The zero-order valence-electron chi connectivity index (χ0n) is 13.2. The second-order valence-electron chi connectivity index (χ2n) is 5.67.